The molecule has 0 bridgehead atoms. The molecular weight excluding hydrogens is 216 g/mol. The van der Waals surface area contributed by atoms with E-state index in [4.69, 9.17) is 6.57 Å². The van der Waals surface area contributed by atoms with E-state index in [0.29, 0.717) is 0 Å². The van der Waals surface area contributed by atoms with Crippen LogP contribution in [0.15, 0.2) is 24.3 Å². The van der Waals surface area contributed by atoms with E-state index in [-0.39, 0.29) is 12.3 Å². The fourth-order valence-corrected chi connectivity index (χ4v) is 1.08. The lowest BCUT2D eigenvalue weighted by Gasteiger charge is -2.14. The Kier molecular flexibility index (Phi) is 3.56. The van der Waals surface area contributed by atoms with Gasteiger partial charge in [0, 0.05) is 5.56 Å². The second-order valence-electron chi connectivity index (χ2n) is 2.95. The van der Waals surface area contributed by atoms with Gasteiger partial charge in [0.2, 0.25) is 0 Å². The van der Waals surface area contributed by atoms with E-state index in [1.54, 1.807) is 0 Å². The largest absolute Gasteiger partial charge is 0.461 e. The molecule has 0 fully saturated rings. The quantitative estimate of drug-likeness (QED) is 0.585. The topological polar surface area (TPSA) is 30.7 Å². The van der Waals surface area contributed by atoms with E-state index >= 15 is 0 Å². The first-order valence-electron chi connectivity index (χ1n) is 4.55. The van der Waals surface area contributed by atoms with Gasteiger partial charge in [0.25, 0.3) is 0 Å². The van der Waals surface area contributed by atoms with E-state index in [9.17, 15) is 13.6 Å². The zero-order chi connectivity index (χ0) is 12.2. The van der Waals surface area contributed by atoms with Crippen LogP contribution in [0.5, 0.6) is 0 Å². The van der Waals surface area contributed by atoms with Gasteiger partial charge < -0.3 is 4.74 Å². The molecule has 3 nitrogen and oxygen atoms in total. The van der Waals surface area contributed by atoms with Crippen molar-refractivity contribution >= 4 is 11.7 Å². The molecule has 0 aromatic heterocycles. The van der Waals surface area contributed by atoms with Crippen molar-refractivity contribution in [2.75, 3.05) is 6.61 Å². The number of hydrogen-bond donors (Lipinski definition) is 0. The molecule has 0 spiro atoms. The second-order valence-corrected chi connectivity index (χ2v) is 2.95. The van der Waals surface area contributed by atoms with Crippen LogP contribution in [0, 0.1) is 6.57 Å². The van der Waals surface area contributed by atoms with Crippen LogP contribution in [-0.4, -0.2) is 12.6 Å². The highest BCUT2D eigenvalue weighted by molar-refractivity contribution is 5.79. The smallest absolute Gasteiger partial charge is 0.381 e. The zero-order valence-corrected chi connectivity index (χ0v) is 8.54. The average Bonchev–Trinajstić information content (AvgIpc) is 2.29. The number of carbonyl (C=O) groups is 1. The van der Waals surface area contributed by atoms with E-state index in [1.807, 2.05) is 0 Å². The van der Waals surface area contributed by atoms with Gasteiger partial charge in [-0.1, -0.05) is 24.3 Å². The maximum absolute atomic E-state index is 13.4. The van der Waals surface area contributed by atoms with Crippen LogP contribution >= 0.6 is 0 Å². The molecule has 1 rings (SSSR count). The van der Waals surface area contributed by atoms with Gasteiger partial charge in [-0.25, -0.2) is 9.64 Å². The predicted octanol–water partition coefficient (Wildman–Crippen LogP) is 2.89. The van der Waals surface area contributed by atoms with Crippen molar-refractivity contribution in [2.24, 2.45) is 0 Å². The summed E-state index contributed by atoms with van der Waals surface area (Å²) >= 11 is 0. The normalized spacial score (nSPS) is 10.6. The zero-order valence-electron chi connectivity index (χ0n) is 8.54. The van der Waals surface area contributed by atoms with Crippen molar-refractivity contribution in [3.63, 3.8) is 0 Å². The monoisotopic (exact) mass is 225 g/mol. The Morgan fingerprint density at radius 3 is 2.44 bits per heavy atom. The van der Waals surface area contributed by atoms with Crippen LogP contribution in [0.1, 0.15) is 12.5 Å². The first kappa shape index (κ1) is 12.1. The molecule has 0 amide bonds. The molecule has 1 aromatic rings. The Balaban J connectivity index is 2.98. The van der Waals surface area contributed by atoms with Gasteiger partial charge >= 0.3 is 11.9 Å². The summed E-state index contributed by atoms with van der Waals surface area (Å²) in [4.78, 5) is 14.1. The molecule has 5 heteroatoms. The molecule has 84 valence electrons. The molecule has 0 aliphatic rings. The number of esters is 1. The van der Waals surface area contributed by atoms with Gasteiger partial charge in [0.15, 0.2) is 5.69 Å². The molecule has 16 heavy (non-hydrogen) atoms. The number of nitrogens with zero attached hydrogens (tertiary/aromatic N) is 1. The minimum absolute atomic E-state index is 0.103. The van der Waals surface area contributed by atoms with Gasteiger partial charge in [-0.3, -0.25) is 0 Å². The molecule has 0 saturated heterocycles. The third kappa shape index (κ3) is 2.34. The Bertz CT molecular complexity index is 421. The van der Waals surface area contributed by atoms with E-state index in [0.717, 1.165) is 12.1 Å². The molecule has 0 aliphatic carbocycles. The molecule has 0 N–H and O–H groups in total. The number of benzene rings is 1. The fourth-order valence-electron chi connectivity index (χ4n) is 1.08. The first-order valence-corrected chi connectivity index (χ1v) is 4.55. The van der Waals surface area contributed by atoms with Crippen molar-refractivity contribution in [1.82, 2.24) is 0 Å². The lowest BCUT2D eigenvalue weighted by molar-refractivity contribution is -0.173. The Morgan fingerprint density at radius 1 is 1.44 bits per heavy atom. The highest BCUT2D eigenvalue weighted by Crippen LogP contribution is 2.30. The van der Waals surface area contributed by atoms with Crippen molar-refractivity contribution in [1.29, 1.82) is 0 Å². The Labute approximate surface area is 91.5 Å². The van der Waals surface area contributed by atoms with Gasteiger partial charge in [-0.15, -0.1) is 0 Å². The van der Waals surface area contributed by atoms with Crippen molar-refractivity contribution in [3.8, 4) is 0 Å². The van der Waals surface area contributed by atoms with Crippen LogP contribution in [-0.2, 0) is 15.5 Å². The summed E-state index contributed by atoms with van der Waals surface area (Å²) < 4.78 is 31.1. The summed E-state index contributed by atoms with van der Waals surface area (Å²) in [5, 5.41) is 0. The molecule has 0 unspecified atom stereocenters. The Morgan fingerprint density at radius 2 is 2.00 bits per heavy atom. The molecule has 0 heterocycles. The molecular formula is C11H9F2NO2. The van der Waals surface area contributed by atoms with Crippen molar-refractivity contribution in [2.45, 2.75) is 12.8 Å². The minimum atomic E-state index is -3.67. The van der Waals surface area contributed by atoms with Crippen molar-refractivity contribution < 1.29 is 18.3 Å². The number of halogens is 2. The maximum atomic E-state index is 13.4. The lowest BCUT2D eigenvalue weighted by Crippen LogP contribution is -2.28. The molecule has 1 aromatic carbocycles. The summed E-state index contributed by atoms with van der Waals surface area (Å²) in [6.45, 7) is 8.02. The van der Waals surface area contributed by atoms with Gasteiger partial charge in [-0.2, -0.15) is 8.78 Å². The number of alkyl halides is 2. The summed E-state index contributed by atoms with van der Waals surface area (Å²) in [6.07, 6.45) is 0. The summed E-state index contributed by atoms with van der Waals surface area (Å²) in [7, 11) is 0. The molecule has 0 aliphatic heterocycles. The first-order chi connectivity index (χ1) is 7.52. The number of hydrogen-bond acceptors (Lipinski definition) is 2. The average molecular weight is 225 g/mol. The highest BCUT2D eigenvalue weighted by atomic mass is 19.3. The number of carbonyl (C=O) groups excluding carboxylic acids is 1. The van der Waals surface area contributed by atoms with Gasteiger partial charge in [0.1, 0.15) is 0 Å². The van der Waals surface area contributed by atoms with E-state index < -0.39 is 17.5 Å². The highest BCUT2D eigenvalue weighted by Gasteiger charge is 2.42. The number of ether oxygens (including phenoxy) is 1. The summed E-state index contributed by atoms with van der Waals surface area (Å²) in [6, 6.07) is 4.56. The van der Waals surface area contributed by atoms with Crippen molar-refractivity contribution in [3.05, 3.63) is 41.2 Å². The predicted molar refractivity (Wildman–Crippen MR) is 53.2 cm³/mol. The second kappa shape index (κ2) is 4.71. The van der Waals surface area contributed by atoms with Gasteiger partial charge in [0.05, 0.1) is 13.2 Å². The van der Waals surface area contributed by atoms with Crippen LogP contribution < -0.4 is 0 Å². The molecule has 0 saturated carbocycles. The Hall–Kier alpha value is -1.96. The summed E-state index contributed by atoms with van der Waals surface area (Å²) in [5.41, 5.74) is -0.234. The lowest BCUT2D eigenvalue weighted by atomic mass is 10.1. The van der Waals surface area contributed by atoms with Crippen LogP contribution in [0.4, 0.5) is 14.5 Å². The molecule has 0 atom stereocenters. The van der Waals surface area contributed by atoms with Gasteiger partial charge in [-0.05, 0) is 6.92 Å². The summed E-state index contributed by atoms with van der Waals surface area (Å²) in [5.74, 6) is -5.25. The van der Waals surface area contributed by atoms with Crippen LogP contribution in [0.25, 0.3) is 4.85 Å². The minimum Gasteiger partial charge on any atom is -0.461 e. The van der Waals surface area contributed by atoms with Crippen LogP contribution in [0.2, 0.25) is 0 Å². The third-order valence-corrected chi connectivity index (χ3v) is 1.89. The van der Waals surface area contributed by atoms with E-state index in [1.165, 1.54) is 19.1 Å². The fraction of sp³-hybridized carbons (Fsp3) is 0.273. The SMILES string of the molecule is [C-]#[N+]c1ccc(C(F)(F)C(=O)OCC)cc1. The van der Waals surface area contributed by atoms with Crippen LogP contribution in [0.3, 0.4) is 0 Å². The van der Waals surface area contributed by atoms with E-state index in [2.05, 4.69) is 9.58 Å². The standard InChI is InChI=1S/C11H9F2NO2/c1-3-16-10(15)11(12,13)8-4-6-9(14-2)7-5-8/h4-7H,3H2,1H3. The third-order valence-electron chi connectivity index (χ3n) is 1.89. The maximum Gasteiger partial charge on any atom is 0.381 e. The molecule has 0 radical (unpaired) electrons. The number of rotatable bonds is 3.